The van der Waals surface area contributed by atoms with Crippen molar-refractivity contribution in [1.82, 2.24) is 9.88 Å². The molecular formula is C14H26N2O2S. The van der Waals surface area contributed by atoms with E-state index in [1.54, 1.807) is 20.8 Å². The number of rotatable bonds is 6. The van der Waals surface area contributed by atoms with Crippen LogP contribution in [0.4, 0.5) is 0 Å². The van der Waals surface area contributed by atoms with Crippen molar-refractivity contribution >= 4 is 9.84 Å². The largest absolute Gasteiger partial charge is 0.353 e. The number of aromatic nitrogens is 1. The highest BCUT2D eigenvalue weighted by Gasteiger charge is 2.28. The van der Waals surface area contributed by atoms with Gasteiger partial charge in [0.2, 0.25) is 0 Å². The SMILES string of the molecule is CCC(NC)c1ccn(CCS(=O)(=O)C(C)(C)C)c1. The van der Waals surface area contributed by atoms with E-state index in [2.05, 4.69) is 12.2 Å². The maximum absolute atomic E-state index is 12.1. The van der Waals surface area contributed by atoms with Crippen molar-refractivity contribution in [3.8, 4) is 0 Å². The van der Waals surface area contributed by atoms with Gasteiger partial charge in [-0.25, -0.2) is 8.42 Å². The van der Waals surface area contributed by atoms with Crippen LogP contribution in [0.25, 0.3) is 0 Å². The topological polar surface area (TPSA) is 51.1 Å². The summed E-state index contributed by atoms with van der Waals surface area (Å²) in [6, 6.07) is 2.38. The molecule has 0 aliphatic heterocycles. The minimum atomic E-state index is -3.05. The van der Waals surface area contributed by atoms with Crippen LogP contribution in [0.5, 0.6) is 0 Å². The Morgan fingerprint density at radius 2 is 2.00 bits per heavy atom. The van der Waals surface area contributed by atoms with Crippen molar-refractivity contribution < 1.29 is 8.42 Å². The molecule has 4 nitrogen and oxygen atoms in total. The van der Waals surface area contributed by atoms with Gasteiger partial charge in [0.05, 0.1) is 10.5 Å². The van der Waals surface area contributed by atoms with Crippen molar-refractivity contribution in [2.24, 2.45) is 0 Å². The Kier molecular flexibility index (Phi) is 5.21. The molecule has 0 radical (unpaired) electrons. The van der Waals surface area contributed by atoms with Gasteiger partial charge in [0.25, 0.3) is 0 Å². The molecule has 0 bridgehead atoms. The van der Waals surface area contributed by atoms with Gasteiger partial charge >= 0.3 is 0 Å². The Labute approximate surface area is 117 Å². The molecule has 110 valence electrons. The Hall–Kier alpha value is -0.810. The molecule has 1 aromatic rings. The molecule has 0 saturated carbocycles. The zero-order chi connectivity index (χ0) is 14.7. The third-order valence-electron chi connectivity index (χ3n) is 3.48. The van der Waals surface area contributed by atoms with Crippen LogP contribution in [-0.4, -0.2) is 30.5 Å². The standard InChI is InChI=1S/C14H26N2O2S/c1-6-13(15-5)12-7-8-16(11-12)9-10-19(17,18)14(2,3)4/h7-8,11,13,15H,6,9-10H2,1-5H3. The number of sulfone groups is 1. The molecule has 0 amide bonds. The van der Waals surface area contributed by atoms with Crippen LogP contribution in [0, 0.1) is 0 Å². The molecule has 1 atom stereocenters. The van der Waals surface area contributed by atoms with E-state index in [1.807, 2.05) is 30.1 Å². The first-order valence-corrected chi connectivity index (χ1v) is 8.41. The first-order valence-electron chi connectivity index (χ1n) is 6.76. The first kappa shape index (κ1) is 16.2. The Bertz CT molecular complexity index is 494. The van der Waals surface area contributed by atoms with E-state index in [0.29, 0.717) is 12.6 Å². The van der Waals surface area contributed by atoms with Gasteiger partial charge in [-0.15, -0.1) is 0 Å². The monoisotopic (exact) mass is 286 g/mol. The molecular weight excluding hydrogens is 260 g/mol. The van der Waals surface area contributed by atoms with Crippen molar-refractivity contribution in [2.75, 3.05) is 12.8 Å². The van der Waals surface area contributed by atoms with Crippen LogP contribution in [0.15, 0.2) is 18.5 Å². The summed E-state index contributed by atoms with van der Waals surface area (Å²) in [5.74, 6) is 0.182. The van der Waals surface area contributed by atoms with E-state index in [0.717, 1.165) is 6.42 Å². The number of aryl methyl sites for hydroxylation is 1. The third kappa shape index (κ3) is 4.08. The number of hydrogen-bond donors (Lipinski definition) is 1. The lowest BCUT2D eigenvalue weighted by atomic mass is 10.1. The van der Waals surface area contributed by atoms with Crippen LogP contribution in [0.3, 0.4) is 0 Å². The van der Waals surface area contributed by atoms with Gasteiger partial charge in [-0.3, -0.25) is 0 Å². The second-order valence-corrected chi connectivity index (χ2v) is 8.73. The van der Waals surface area contributed by atoms with Crippen molar-refractivity contribution in [2.45, 2.75) is 51.4 Å². The minimum Gasteiger partial charge on any atom is -0.353 e. The van der Waals surface area contributed by atoms with Gasteiger partial charge in [-0.05, 0) is 45.9 Å². The second kappa shape index (κ2) is 6.09. The number of nitrogens with zero attached hydrogens (tertiary/aromatic N) is 1. The average Bonchev–Trinajstić information content (AvgIpc) is 2.75. The minimum absolute atomic E-state index is 0.182. The molecule has 1 rings (SSSR count). The molecule has 0 aliphatic rings. The molecule has 5 heteroatoms. The molecule has 0 saturated heterocycles. The third-order valence-corrected chi connectivity index (χ3v) is 6.07. The molecule has 1 N–H and O–H groups in total. The molecule has 0 aliphatic carbocycles. The van der Waals surface area contributed by atoms with E-state index in [9.17, 15) is 8.42 Å². The van der Waals surface area contributed by atoms with Crippen LogP contribution in [-0.2, 0) is 16.4 Å². The molecule has 0 spiro atoms. The van der Waals surface area contributed by atoms with Gasteiger partial charge in [0.15, 0.2) is 9.84 Å². The van der Waals surface area contributed by atoms with Crippen LogP contribution in [0.2, 0.25) is 0 Å². The zero-order valence-corrected chi connectivity index (χ0v) is 13.4. The van der Waals surface area contributed by atoms with Gasteiger partial charge in [-0.2, -0.15) is 0 Å². The maximum atomic E-state index is 12.1. The lowest BCUT2D eigenvalue weighted by Crippen LogP contribution is -2.31. The number of nitrogens with one attached hydrogen (secondary N) is 1. The van der Waals surface area contributed by atoms with Crippen LogP contribution < -0.4 is 5.32 Å². The highest BCUT2D eigenvalue weighted by Crippen LogP contribution is 2.18. The summed E-state index contributed by atoms with van der Waals surface area (Å²) < 4.78 is 25.4. The number of hydrogen-bond acceptors (Lipinski definition) is 3. The summed E-state index contributed by atoms with van der Waals surface area (Å²) in [7, 11) is -1.11. The summed E-state index contributed by atoms with van der Waals surface area (Å²) in [5, 5.41) is 3.25. The van der Waals surface area contributed by atoms with Gasteiger partial charge in [0, 0.05) is 25.0 Å². The van der Waals surface area contributed by atoms with E-state index in [1.165, 1.54) is 5.56 Å². The lowest BCUT2D eigenvalue weighted by molar-refractivity contribution is 0.553. The fourth-order valence-corrected chi connectivity index (χ4v) is 3.01. The molecule has 1 heterocycles. The second-order valence-electron chi connectivity index (χ2n) is 5.86. The first-order chi connectivity index (χ1) is 8.71. The summed E-state index contributed by atoms with van der Waals surface area (Å²) in [6.07, 6.45) is 5.00. The van der Waals surface area contributed by atoms with E-state index in [-0.39, 0.29) is 5.75 Å². The molecule has 0 aromatic carbocycles. The van der Waals surface area contributed by atoms with Crippen LogP contribution >= 0.6 is 0 Å². The highest BCUT2D eigenvalue weighted by molar-refractivity contribution is 7.92. The highest BCUT2D eigenvalue weighted by atomic mass is 32.2. The maximum Gasteiger partial charge on any atom is 0.156 e. The summed E-state index contributed by atoms with van der Waals surface area (Å²) in [6.45, 7) is 7.88. The van der Waals surface area contributed by atoms with Crippen molar-refractivity contribution in [1.29, 1.82) is 0 Å². The van der Waals surface area contributed by atoms with Crippen molar-refractivity contribution in [3.63, 3.8) is 0 Å². The molecule has 19 heavy (non-hydrogen) atoms. The Morgan fingerprint density at radius 1 is 1.37 bits per heavy atom. The molecule has 0 fully saturated rings. The van der Waals surface area contributed by atoms with Crippen molar-refractivity contribution in [3.05, 3.63) is 24.0 Å². The van der Waals surface area contributed by atoms with Gasteiger partial charge in [-0.1, -0.05) is 6.92 Å². The van der Waals surface area contributed by atoms with Crippen LogP contribution in [0.1, 0.15) is 45.7 Å². The summed E-state index contributed by atoms with van der Waals surface area (Å²) in [4.78, 5) is 0. The Balaban J connectivity index is 2.70. The summed E-state index contributed by atoms with van der Waals surface area (Å²) in [5.41, 5.74) is 1.21. The quantitative estimate of drug-likeness (QED) is 0.873. The predicted molar refractivity (Wildman–Crippen MR) is 80.1 cm³/mol. The van der Waals surface area contributed by atoms with E-state index < -0.39 is 14.6 Å². The normalized spacial score (nSPS) is 14.6. The van der Waals surface area contributed by atoms with Gasteiger partial charge in [0.1, 0.15) is 0 Å². The smallest absolute Gasteiger partial charge is 0.156 e. The average molecular weight is 286 g/mol. The fourth-order valence-electron chi connectivity index (χ4n) is 1.94. The van der Waals surface area contributed by atoms with E-state index in [4.69, 9.17) is 0 Å². The Morgan fingerprint density at radius 3 is 2.47 bits per heavy atom. The van der Waals surface area contributed by atoms with E-state index >= 15 is 0 Å². The molecule has 1 unspecified atom stereocenters. The lowest BCUT2D eigenvalue weighted by Gasteiger charge is -2.19. The predicted octanol–water partition coefficient (Wildman–Crippen LogP) is 2.37. The zero-order valence-electron chi connectivity index (χ0n) is 12.6. The van der Waals surface area contributed by atoms with Gasteiger partial charge < -0.3 is 9.88 Å². The summed E-state index contributed by atoms with van der Waals surface area (Å²) >= 11 is 0. The fraction of sp³-hybridized carbons (Fsp3) is 0.714. The molecule has 1 aromatic heterocycles.